The van der Waals surface area contributed by atoms with E-state index in [1.54, 1.807) is 19.4 Å². The van der Waals surface area contributed by atoms with Crippen LogP contribution < -0.4 is 20.9 Å². The van der Waals surface area contributed by atoms with E-state index in [-0.39, 0.29) is 5.96 Å². The van der Waals surface area contributed by atoms with Gasteiger partial charge in [0.1, 0.15) is 0 Å². The molecule has 0 spiro atoms. The molecular weight excluding hydrogens is 256 g/mol. The monoisotopic (exact) mass is 276 g/mol. The molecular formula is C14H20N4O2. The lowest BCUT2D eigenvalue weighted by Gasteiger charge is -2.14. The Bertz CT molecular complexity index is 520. The Kier molecular flexibility index (Phi) is 6.09. The topological polar surface area (TPSA) is 95.2 Å². The van der Waals surface area contributed by atoms with E-state index in [0.717, 1.165) is 11.1 Å². The van der Waals surface area contributed by atoms with Crippen LogP contribution in [0.4, 0.5) is 0 Å². The van der Waals surface area contributed by atoms with Crippen LogP contribution in [0, 0.1) is 0 Å². The van der Waals surface area contributed by atoms with Crippen molar-refractivity contribution in [2.75, 3.05) is 13.7 Å². The summed E-state index contributed by atoms with van der Waals surface area (Å²) in [6.45, 7) is 6.22. The van der Waals surface area contributed by atoms with Gasteiger partial charge in [0.25, 0.3) is 0 Å². The van der Waals surface area contributed by atoms with E-state index < -0.39 is 0 Å². The lowest BCUT2D eigenvalue weighted by atomic mass is 10.1. The molecule has 0 aliphatic carbocycles. The van der Waals surface area contributed by atoms with E-state index in [0.29, 0.717) is 24.5 Å². The van der Waals surface area contributed by atoms with Gasteiger partial charge in [0.2, 0.25) is 5.96 Å². The number of benzene rings is 1. The summed E-state index contributed by atoms with van der Waals surface area (Å²) in [5, 5.41) is 7.34. The Labute approximate surface area is 118 Å². The molecule has 0 amide bonds. The standard InChI is InChI=1S/C14H20N4O2/c1-4-6-11-7-10(9-17-18-14(15)16)8-12(19-3)13(11)20-5-2/h4,7-9H,1,5-6H2,2-3H3,(H4,15,16,18). The van der Waals surface area contributed by atoms with E-state index in [1.165, 1.54) is 0 Å². The molecule has 0 unspecified atom stereocenters. The Balaban J connectivity index is 3.21. The molecule has 0 saturated heterocycles. The molecule has 0 atom stereocenters. The van der Waals surface area contributed by atoms with Crippen molar-refractivity contribution in [3.63, 3.8) is 0 Å². The van der Waals surface area contributed by atoms with Gasteiger partial charge in [0.15, 0.2) is 11.5 Å². The second-order valence-corrected chi connectivity index (χ2v) is 3.91. The fourth-order valence-electron chi connectivity index (χ4n) is 1.69. The maximum atomic E-state index is 5.62. The fourth-order valence-corrected chi connectivity index (χ4v) is 1.69. The van der Waals surface area contributed by atoms with Gasteiger partial charge in [0, 0.05) is 5.56 Å². The molecule has 0 saturated carbocycles. The van der Waals surface area contributed by atoms with Crippen LogP contribution in [0.25, 0.3) is 0 Å². The van der Waals surface area contributed by atoms with Crippen LogP contribution in [-0.4, -0.2) is 25.9 Å². The third-order valence-electron chi connectivity index (χ3n) is 2.41. The number of guanidine groups is 1. The number of methoxy groups -OCH3 is 1. The van der Waals surface area contributed by atoms with E-state index >= 15 is 0 Å². The van der Waals surface area contributed by atoms with Gasteiger partial charge in [-0.3, -0.25) is 0 Å². The Morgan fingerprint density at radius 2 is 2.15 bits per heavy atom. The highest BCUT2D eigenvalue weighted by molar-refractivity contribution is 5.83. The second-order valence-electron chi connectivity index (χ2n) is 3.91. The quantitative estimate of drug-likeness (QED) is 0.341. The van der Waals surface area contributed by atoms with Crippen LogP contribution in [0.1, 0.15) is 18.1 Å². The van der Waals surface area contributed by atoms with E-state index in [9.17, 15) is 0 Å². The summed E-state index contributed by atoms with van der Waals surface area (Å²) in [5.74, 6) is 1.26. The molecule has 1 aromatic rings. The average molecular weight is 276 g/mol. The lowest BCUT2D eigenvalue weighted by molar-refractivity contribution is 0.308. The highest BCUT2D eigenvalue weighted by Crippen LogP contribution is 2.33. The van der Waals surface area contributed by atoms with Crippen LogP contribution in [0.5, 0.6) is 11.5 Å². The molecule has 0 bridgehead atoms. The summed E-state index contributed by atoms with van der Waals surface area (Å²) in [6, 6.07) is 3.74. The van der Waals surface area contributed by atoms with Gasteiger partial charge in [-0.1, -0.05) is 6.08 Å². The molecule has 0 radical (unpaired) electrons. The molecule has 0 aromatic heterocycles. The molecule has 0 fully saturated rings. The first-order chi connectivity index (χ1) is 9.62. The van der Waals surface area contributed by atoms with Crippen molar-refractivity contribution < 1.29 is 9.47 Å². The van der Waals surface area contributed by atoms with Gasteiger partial charge in [-0.05, 0) is 31.0 Å². The van der Waals surface area contributed by atoms with Gasteiger partial charge in [0.05, 0.1) is 19.9 Å². The Morgan fingerprint density at radius 1 is 1.40 bits per heavy atom. The molecule has 0 aliphatic heterocycles. The van der Waals surface area contributed by atoms with Gasteiger partial charge < -0.3 is 20.9 Å². The summed E-state index contributed by atoms with van der Waals surface area (Å²) in [7, 11) is 1.59. The zero-order valence-electron chi connectivity index (χ0n) is 11.8. The van der Waals surface area contributed by atoms with Crippen molar-refractivity contribution in [2.45, 2.75) is 13.3 Å². The van der Waals surface area contributed by atoms with Gasteiger partial charge in [-0.15, -0.1) is 11.7 Å². The third kappa shape index (κ3) is 4.31. The molecule has 6 nitrogen and oxygen atoms in total. The normalized spacial score (nSPS) is 10.3. The maximum Gasteiger partial charge on any atom is 0.211 e. The average Bonchev–Trinajstić information content (AvgIpc) is 2.41. The third-order valence-corrected chi connectivity index (χ3v) is 2.41. The van der Waals surface area contributed by atoms with Crippen LogP contribution >= 0.6 is 0 Å². The molecule has 108 valence electrons. The second kappa shape index (κ2) is 7.83. The van der Waals surface area contributed by atoms with Gasteiger partial charge >= 0.3 is 0 Å². The van der Waals surface area contributed by atoms with Crippen LogP contribution in [0.3, 0.4) is 0 Å². The zero-order chi connectivity index (χ0) is 15.0. The summed E-state index contributed by atoms with van der Waals surface area (Å²) in [4.78, 5) is 0. The number of rotatable bonds is 7. The minimum absolute atomic E-state index is 0.0922. The van der Waals surface area contributed by atoms with Crippen molar-refractivity contribution in [1.82, 2.24) is 0 Å². The van der Waals surface area contributed by atoms with Crippen molar-refractivity contribution >= 4 is 12.2 Å². The highest BCUT2D eigenvalue weighted by Gasteiger charge is 2.11. The van der Waals surface area contributed by atoms with E-state index in [2.05, 4.69) is 16.8 Å². The number of ether oxygens (including phenoxy) is 2. The zero-order valence-corrected chi connectivity index (χ0v) is 11.8. The fraction of sp³-hybridized carbons (Fsp3) is 0.286. The minimum Gasteiger partial charge on any atom is -0.493 e. The first-order valence-corrected chi connectivity index (χ1v) is 6.18. The smallest absolute Gasteiger partial charge is 0.211 e. The summed E-state index contributed by atoms with van der Waals surface area (Å²) < 4.78 is 11.0. The van der Waals surface area contributed by atoms with E-state index in [1.807, 2.05) is 19.1 Å². The number of hydrogen-bond acceptors (Lipinski definition) is 4. The number of hydrogen-bond donors (Lipinski definition) is 2. The number of nitrogens with two attached hydrogens (primary N) is 2. The van der Waals surface area contributed by atoms with Crippen molar-refractivity contribution in [1.29, 1.82) is 0 Å². The molecule has 6 heteroatoms. The van der Waals surface area contributed by atoms with Crippen LogP contribution in [0.2, 0.25) is 0 Å². The predicted octanol–water partition coefficient (Wildman–Crippen LogP) is 1.43. The first-order valence-electron chi connectivity index (χ1n) is 6.18. The number of allylic oxidation sites excluding steroid dienone is 1. The van der Waals surface area contributed by atoms with Crippen molar-refractivity contribution in [2.24, 2.45) is 21.7 Å². The van der Waals surface area contributed by atoms with Crippen molar-refractivity contribution in [3.8, 4) is 11.5 Å². The van der Waals surface area contributed by atoms with Crippen molar-refractivity contribution in [3.05, 3.63) is 35.9 Å². The largest absolute Gasteiger partial charge is 0.493 e. The molecule has 0 heterocycles. The summed E-state index contributed by atoms with van der Waals surface area (Å²) >= 11 is 0. The van der Waals surface area contributed by atoms with Crippen LogP contribution in [-0.2, 0) is 6.42 Å². The Morgan fingerprint density at radius 3 is 2.70 bits per heavy atom. The molecule has 20 heavy (non-hydrogen) atoms. The first kappa shape index (κ1) is 15.6. The van der Waals surface area contributed by atoms with E-state index in [4.69, 9.17) is 20.9 Å². The minimum atomic E-state index is -0.0922. The highest BCUT2D eigenvalue weighted by atomic mass is 16.5. The van der Waals surface area contributed by atoms with Crippen LogP contribution in [0.15, 0.2) is 35.0 Å². The summed E-state index contributed by atoms with van der Waals surface area (Å²) in [5.41, 5.74) is 12.2. The molecule has 0 aliphatic rings. The van der Waals surface area contributed by atoms with Gasteiger partial charge in [-0.25, -0.2) is 0 Å². The number of nitrogens with zero attached hydrogens (tertiary/aromatic N) is 2. The molecule has 1 rings (SSSR count). The van der Waals surface area contributed by atoms with Gasteiger partial charge in [-0.2, -0.15) is 5.10 Å². The Hall–Kier alpha value is -2.50. The SMILES string of the molecule is C=CCc1cc(C=NN=C(N)N)cc(OC)c1OCC. The maximum absolute atomic E-state index is 5.62. The summed E-state index contributed by atoms with van der Waals surface area (Å²) in [6.07, 6.45) is 4.01. The lowest BCUT2D eigenvalue weighted by Crippen LogP contribution is -2.21. The molecule has 4 N–H and O–H groups in total. The molecule has 1 aromatic carbocycles. The predicted molar refractivity (Wildman–Crippen MR) is 81.5 cm³/mol.